The highest BCUT2D eigenvalue weighted by atomic mass is 32.1. The largest absolute Gasteiger partial charge is 0.280 e. The van der Waals surface area contributed by atoms with Gasteiger partial charge in [0.25, 0.3) is 5.56 Å². The lowest BCUT2D eigenvalue weighted by atomic mass is 9.95. The highest BCUT2D eigenvalue weighted by Gasteiger charge is 2.18. The molecule has 1 aromatic rings. The quantitative estimate of drug-likeness (QED) is 0.745. The van der Waals surface area contributed by atoms with Crippen LogP contribution < -0.4 is 5.56 Å². The Morgan fingerprint density at radius 2 is 2.07 bits per heavy atom. The third-order valence-electron chi connectivity index (χ3n) is 3.01. The van der Waals surface area contributed by atoms with Crippen LogP contribution >= 0.6 is 12.2 Å². The number of aromatic nitrogens is 3. The van der Waals surface area contributed by atoms with Crippen molar-refractivity contribution in [2.45, 2.75) is 45.1 Å². The average Bonchev–Trinajstić information content (AvgIpc) is 2.26. The summed E-state index contributed by atoms with van der Waals surface area (Å²) in [4.78, 5) is 11.9. The molecule has 0 aliphatic heterocycles. The van der Waals surface area contributed by atoms with Crippen LogP contribution in [0.1, 0.15) is 43.8 Å². The first-order valence-electron chi connectivity index (χ1n) is 5.38. The van der Waals surface area contributed by atoms with Crippen molar-refractivity contribution in [1.29, 1.82) is 0 Å². The Balaban J connectivity index is 2.46. The maximum Gasteiger partial charge on any atom is 0.276 e. The molecule has 0 unspecified atom stereocenters. The maximum atomic E-state index is 11.9. The van der Waals surface area contributed by atoms with Gasteiger partial charge in [0.05, 0.1) is 0 Å². The molecule has 0 radical (unpaired) electrons. The summed E-state index contributed by atoms with van der Waals surface area (Å²) in [6.07, 6.45) is 5.76. The smallest absolute Gasteiger partial charge is 0.276 e. The maximum absolute atomic E-state index is 11.9. The van der Waals surface area contributed by atoms with Crippen LogP contribution in [0.15, 0.2) is 4.79 Å². The Hall–Kier alpha value is -0.970. The third kappa shape index (κ3) is 2.02. The molecular weight excluding hydrogens is 210 g/mol. The molecule has 0 amide bonds. The second-order valence-electron chi connectivity index (χ2n) is 4.08. The molecule has 0 bridgehead atoms. The van der Waals surface area contributed by atoms with E-state index in [1.807, 2.05) is 0 Å². The highest BCUT2D eigenvalue weighted by molar-refractivity contribution is 7.71. The monoisotopic (exact) mass is 225 g/mol. The zero-order valence-electron chi connectivity index (χ0n) is 8.82. The summed E-state index contributed by atoms with van der Waals surface area (Å²) in [6, 6.07) is 0.275. The van der Waals surface area contributed by atoms with Gasteiger partial charge in [-0.2, -0.15) is 5.10 Å². The number of rotatable bonds is 1. The molecule has 1 fully saturated rings. The molecule has 1 saturated carbocycles. The first-order valence-corrected chi connectivity index (χ1v) is 5.79. The molecule has 2 rings (SSSR count). The molecule has 0 saturated heterocycles. The molecule has 0 spiro atoms. The number of nitrogens with one attached hydrogen (secondary N) is 1. The van der Waals surface area contributed by atoms with Gasteiger partial charge in [-0.25, -0.2) is 0 Å². The normalized spacial score (nSPS) is 17.9. The zero-order valence-corrected chi connectivity index (χ0v) is 9.64. The van der Waals surface area contributed by atoms with Crippen molar-refractivity contribution in [3.05, 3.63) is 20.8 Å². The standard InChI is InChI=1S/C10H15N3OS/c1-7-9(14)13(10(15)12-11-7)8-5-3-2-4-6-8/h8H,2-6H2,1H3,(H,12,15). The molecule has 5 heteroatoms. The molecule has 4 nitrogen and oxygen atoms in total. The van der Waals surface area contributed by atoms with Crippen molar-refractivity contribution in [1.82, 2.24) is 14.8 Å². The lowest BCUT2D eigenvalue weighted by Gasteiger charge is -2.23. The summed E-state index contributed by atoms with van der Waals surface area (Å²) < 4.78 is 2.16. The van der Waals surface area contributed by atoms with Crippen LogP contribution in [-0.4, -0.2) is 14.8 Å². The first-order chi connectivity index (χ1) is 7.20. The van der Waals surface area contributed by atoms with E-state index in [2.05, 4.69) is 10.2 Å². The molecule has 1 aromatic heterocycles. The second kappa shape index (κ2) is 4.26. The molecule has 82 valence electrons. The zero-order chi connectivity index (χ0) is 10.8. The Morgan fingerprint density at radius 1 is 1.40 bits per heavy atom. The van der Waals surface area contributed by atoms with Crippen LogP contribution in [0.4, 0.5) is 0 Å². The van der Waals surface area contributed by atoms with Crippen molar-refractivity contribution in [2.24, 2.45) is 0 Å². The van der Waals surface area contributed by atoms with Gasteiger partial charge in [-0.1, -0.05) is 19.3 Å². The van der Waals surface area contributed by atoms with Crippen molar-refractivity contribution in [2.75, 3.05) is 0 Å². The van der Waals surface area contributed by atoms with E-state index >= 15 is 0 Å². The predicted molar refractivity (Wildman–Crippen MR) is 60.5 cm³/mol. The summed E-state index contributed by atoms with van der Waals surface area (Å²) in [5.74, 6) is 0. The van der Waals surface area contributed by atoms with Crippen LogP contribution in [-0.2, 0) is 0 Å². The van der Waals surface area contributed by atoms with Gasteiger partial charge in [-0.3, -0.25) is 14.5 Å². The van der Waals surface area contributed by atoms with E-state index in [0.717, 1.165) is 12.8 Å². The van der Waals surface area contributed by atoms with Crippen molar-refractivity contribution in [3.8, 4) is 0 Å². The van der Waals surface area contributed by atoms with E-state index in [9.17, 15) is 4.79 Å². The van der Waals surface area contributed by atoms with Crippen molar-refractivity contribution >= 4 is 12.2 Å². The molecule has 0 atom stereocenters. The Morgan fingerprint density at radius 3 is 2.73 bits per heavy atom. The van der Waals surface area contributed by atoms with Gasteiger partial charge in [0, 0.05) is 6.04 Å². The van der Waals surface area contributed by atoms with E-state index in [-0.39, 0.29) is 11.6 Å². The van der Waals surface area contributed by atoms with Gasteiger partial charge in [0.15, 0.2) is 4.77 Å². The molecule has 0 aromatic carbocycles. The molecule has 1 heterocycles. The second-order valence-corrected chi connectivity index (χ2v) is 4.47. The number of H-pyrrole nitrogens is 1. The van der Waals surface area contributed by atoms with Gasteiger partial charge in [0.1, 0.15) is 5.69 Å². The summed E-state index contributed by atoms with van der Waals surface area (Å²) >= 11 is 5.12. The molecule has 1 aliphatic carbocycles. The van der Waals surface area contributed by atoms with Crippen LogP contribution in [0, 0.1) is 11.7 Å². The van der Waals surface area contributed by atoms with Gasteiger partial charge >= 0.3 is 0 Å². The van der Waals surface area contributed by atoms with Crippen LogP contribution in [0.2, 0.25) is 0 Å². The minimum Gasteiger partial charge on any atom is -0.280 e. The average molecular weight is 225 g/mol. The topological polar surface area (TPSA) is 50.7 Å². The Labute approximate surface area is 93.3 Å². The fraction of sp³-hybridized carbons (Fsp3) is 0.700. The van der Waals surface area contributed by atoms with Crippen LogP contribution in [0.25, 0.3) is 0 Å². The molecule has 1 N–H and O–H groups in total. The predicted octanol–water partition coefficient (Wildman–Crippen LogP) is 2.11. The number of hydrogen-bond acceptors (Lipinski definition) is 3. The third-order valence-corrected chi connectivity index (χ3v) is 3.29. The Kier molecular flexibility index (Phi) is 3.00. The lowest BCUT2D eigenvalue weighted by Crippen LogP contribution is -2.30. The molecular formula is C10H15N3OS. The highest BCUT2D eigenvalue weighted by Crippen LogP contribution is 2.26. The van der Waals surface area contributed by atoms with E-state index in [0.29, 0.717) is 10.5 Å². The van der Waals surface area contributed by atoms with E-state index in [1.165, 1.54) is 19.3 Å². The molecule has 1 aliphatic rings. The number of hydrogen-bond donors (Lipinski definition) is 1. The number of aryl methyl sites for hydroxylation is 1. The first kappa shape index (κ1) is 10.5. The van der Waals surface area contributed by atoms with Gasteiger partial charge in [-0.15, -0.1) is 0 Å². The van der Waals surface area contributed by atoms with Gasteiger partial charge in [-0.05, 0) is 32.0 Å². The Bertz CT molecular complexity index is 456. The summed E-state index contributed by atoms with van der Waals surface area (Å²) in [6.45, 7) is 1.72. The SMILES string of the molecule is Cc1n[nH]c(=S)n(C2CCCCC2)c1=O. The summed E-state index contributed by atoms with van der Waals surface area (Å²) in [5.41, 5.74) is 0.458. The van der Waals surface area contributed by atoms with Crippen molar-refractivity contribution < 1.29 is 0 Å². The van der Waals surface area contributed by atoms with Gasteiger partial charge in [0.2, 0.25) is 0 Å². The van der Waals surface area contributed by atoms with Crippen LogP contribution in [0.5, 0.6) is 0 Å². The summed E-state index contributed by atoms with van der Waals surface area (Å²) in [5, 5.41) is 6.61. The van der Waals surface area contributed by atoms with E-state index < -0.39 is 0 Å². The molecule has 15 heavy (non-hydrogen) atoms. The van der Waals surface area contributed by atoms with Crippen molar-refractivity contribution in [3.63, 3.8) is 0 Å². The van der Waals surface area contributed by atoms with Gasteiger partial charge < -0.3 is 0 Å². The fourth-order valence-electron chi connectivity index (χ4n) is 2.17. The van der Waals surface area contributed by atoms with E-state index in [1.54, 1.807) is 11.5 Å². The fourth-order valence-corrected chi connectivity index (χ4v) is 2.45. The number of aromatic amines is 1. The van der Waals surface area contributed by atoms with E-state index in [4.69, 9.17) is 12.2 Å². The minimum absolute atomic E-state index is 0.0364. The van der Waals surface area contributed by atoms with Crippen LogP contribution in [0.3, 0.4) is 0 Å². The lowest BCUT2D eigenvalue weighted by molar-refractivity contribution is 0.337. The summed E-state index contributed by atoms with van der Waals surface area (Å²) in [7, 11) is 0. The minimum atomic E-state index is -0.0364. The number of nitrogens with zero attached hydrogens (tertiary/aromatic N) is 2.